The van der Waals surface area contributed by atoms with E-state index >= 15 is 0 Å². The fourth-order valence-electron chi connectivity index (χ4n) is 2.61. The number of hydrogen-bond acceptors (Lipinski definition) is 4. The number of piperazine rings is 1. The molecule has 0 unspecified atom stereocenters. The second-order valence-corrected chi connectivity index (χ2v) is 6.07. The van der Waals surface area contributed by atoms with E-state index in [1.54, 1.807) is 0 Å². The number of benzene rings is 1. The Hall–Kier alpha value is -1.80. The Morgan fingerprint density at radius 1 is 1.25 bits per heavy atom. The van der Waals surface area contributed by atoms with Gasteiger partial charge in [-0.1, -0.05) is 12.1 Å². The zero-order chi connectivity index (χ0) is 17.7. The van der Waals surface area contributed by atoms with Gasteiger partial charge >= 0.3 is 6.36 Å². The van der Waals surface area contributed by atoms with Gasteiger partial charge in [0.25, 0.3) is 0 Å². The standard InChI is InChI=1S/C16H22F3N3O2/c1-21-7-8-22(2)13(11-21)10-20-15(23)9-12-3-5-14(6-4-12)24-16(17,18)19/h3-6,13H,7-11H2,1-2H3,(H,20,23)/t13-/m1/s1. The van der Waals surface area contributed by atoms with Gasteiger partial charge < -0.3 is 15.0 Å². The predicted molar refractivity (Wildman–Crippen MR) is 83.8 cm³/mol. The SMILES string of the molecule is CN1CCN(C)[C@H](CNC(=O)Cc2ccc(OC(F)(F)F)cc2)C1. The maximum absolute atomic E-state index is 12.1. The number of rotatable bonds is 5. The van der Waals surface area contributed by atoms with Gasteiger partial charge in [-0.15, -0.1) is 13.2 Å². The van der Waals surface area contributed by atoms with Crippen molar-refractivity contribution in [2.75, 3.05) is 40.3 Å². The Balaban J connectivity index is 1.79. The Kier molecular flexibility index (Phi) is 6.06. The van der Waals surface area contributed by atoms with E-state index in [9.17, 15) is 18.0 Å². The van der Waals surface area contributed by atoms with Crippen LogP contribution in [0.3, 0.4) is 0 Å². The van der Waals surface area contributed by atoms with Crippen molar-refractivity contribution >= 4 is 5.91 Å². The number of alkyl halides is 3. The number of halogens is 3. The van der Waals surface area contributed by atoms with Crippen LogP contribution in [0.25, 0.3) is 0 Å². The number of likely N-dealkylation sites (N-methyl/N-ethyl adjacent to an activating group) is 2. The van der Waals surface area contributed by atoms with Crippen molar-refractivity contribution in [2.24, 2.45) is 0 Å². The molecular weight excluding hydrogens is 323 g/mol. The molecule has 1 aliphatic rings. The van der Waals surface area contributed by atoms with E-state index in [1.165, 1.54) is 24.3 Å². The summed E-state index contributed by atoms with van der Waals surface area (Å²) in [6.07, 6.45) is -4.59. The van der Waals surface area contributed by atoms with Gasteiger partial charge in [-0.3, -0.25) is 9.69 Å². The van der Waals surface area contributed by atoms with Gasteiger partial charge in [-0.25, -0.2) is 0 Å². The quantitative estimate of drug-likeness (QED) is 0.878. The maximum atomic E-state index is 12.1. The summed E-state index contributed by atoms with van der Waals surface area (Å²) in [6.45, 7) is 3.40. The normalized spacial score (nSPS) is 20.0. The van der Waals surface area contributed by atoms with Crippen molar-refractivity contribution in [1.29, 1.82) is 0 Å². The molecule has 134 valence electrons. The molecule has 5 nitrogen and oxygen atoms in total. The highest BCUT2D eigenvalue weighted by Gasteiger charge is 2.31. The van der Waals surface area contributed by atoms with Crippen LogP contribution in [0, 0.1) is 0 Å². The maximum Gasteiger partial charge on any atom is 0.573 e. The van der Waals surface area contributed by atoms with Gasteiger partial charge in [0.1, 0.15) is 5.75 Å². The number of nitrogens with one attached hydrogen (secondary N) is 1. The molecule has 1 saturated heterocycles. The highest BCUT2D eigenvalue weighted by molar-refractivity contribution is 5.78. The van der Waals surface area contributed by atoms with Crippen LogP contribution in [0.1, 0.15) is 5.56 Å². The molecule has 0 aromatic heterocycles. The molecule has 1 atom stereocenters. The number of carbonyl (C=O) groups is 1. The smallest absolute Gasteiger partial charge is 0.406 e. The molecule has 1 N–H and O–H groups in total. The minimum absolute atomic E-state index is 0.124. The molecule has 1 aromatic carbocycles. The van der Waals surface area contributed by atoms with Crippen molar-refractivity contribution in [1.82, 2.24) is 15.1 Å². The second-order valence-electron chi connectivity index (χ2n) is 6.07. The average Bonchev–Trinajstić information content (AvgIpc) is 2.49. The van der Waals surface area contributed by atoms with Crippen LogP contribution in [0.15, 0.2) is 24.3 Å². The van der Waals surface area contributed by atoms with Gasteiger partial charge in [0.15, 0.2) is 0 Å². The monoisotopic (exact) mass is 345 g/mol. The summed E-state index contributed by atoms with van der Waals surface area (Å²) in [5.41, 5.74) is 0.635. The van der Waals surface area contributed by atoms with Crippen LogP contribution in [0.2, 0.25) is 0 Å². The zero-order valence-corrected chi connectivity index (χ0v) is 13.8. The Labute approximate surface area is 139 Å². The highest BCUT2D eigenvalue weighted by atomic mass is 19.4. The van der Waals surface area contributed by atoms with Gasteiger partial charge in [-0.2, -0.15) is 0 Å². The van der Waals surface area contributed by atoms with E-state index in [0.717, 1.165) is 19.6 Å². The summed E-state index contributed by atoms with van der Waals surface area (Å²) in [7, 11) is 4.08. The van der Waals surface area contributed by atoms with Crippen LogP contribution in [0.5, 0.6) is 5.75 Å². The van der Waals surface area contributed by atoms with Crippen LogP contribution >= 0.6 is 0 Å². The summed E-state index contributed by atoms with van der Waals surface area (Å²) >= 11 is 0. The van der Waals surface area contributed by atoms with Crippen LogP contribution < -0.4 is 10.1 Å². The van der Waals surface area contributed by atoms with E-state index < -0.39 is 6.36 Å². The van der Waals surface area contributed by atoms with E-state index in [4.69, 9.17) is 0 Å². The summed E-state index contributed by atoms with van der Waals surface area (Å²) in [4.78, 5) is 16.4. The zero-order valence-electron chi connectivity index (χ0n) is 13.8. The lowest BCUT2D eigenvalue weighted by Gasteiger charge is -2.37. The van der Waals surface area contributed by atoms with Gasteiger partial charge in [0.2, 0.25) is 5.91 Å². The molecule has 8 heteroatoms. The number of nitrogens with zero attached hydrogens (tertiary/aromatic N) is 2. The lowest BCUT2D eigenvalue weighted by Crippen LogP contribution is -2.54. The van der Waals surface area contributed by atoms with Gasteiger partial charge in [0.05, 0.1) is 6.42 Å². The van der Waals surface area contributed by atoms with Crippen molar-refractivity contribution in [3.8, 4) is 5.75 Å². The molecule has 1 amide bonds. The first-order valence-electron chi connectivity index (χ1n) is 7.73. The lowest BCUT2D eigenvalue weighted by molar-refractivity contribution is -0.274. The lowest BCUT2D eigenvalue weighted by atomic mass is 10.1. The van der Waals surface area contributed by atoms with Crippen LogP contribution in [-0.2, 0) is 11.2 Å². The largest absolute Gasteiger partial charge is 0.573 e. The topological polar surface area (TPSA) is 44.8 Å². The Morgan fingerprint density at radius 3 is 2.54 bits per heavy atom. The van der Waals surface area contributed by atoms with Gasteiger partial charge in [-0.05, 0) is 31.8 Å². The third-order valence-corrected chi connectivity index (χ3v) is 4.04. The van der Waals surface area contributed by atoms with Crippen molar-refractivity contribution in [3.63, 3.8) is 0 Å². The first-order valence-corrected chi connectivity index (χ1v) is 7.73. The Bertz CT molecular complexity index is 548. The third kappa shape index (κ3) is 6.01. The second kappa shape index (κ2) is 7.85. The molecule has 24 heavy (non-hydrogen) atoms. The average molecular weight is 345 g/mol. The molecule has 2 rings (SSSR count). The van der Waals surface area contributed by atoms with Crippen molar-refractivity contribution in [2.45, 2.75) is 18.8 Å². The molecular formula is C16H22F3N3O2. The number of carbonyl (C=O) groups excluding carboxylic acids is 1. The summed E-state index contributed by atoms with van der Waals surface area (Å²) in [6, 6.07) is 5.60. The number of ether oxygens (including phenoxy) is 1. The number of amides is 1. The molecule has 0 aliphatic carbocycles. The first kappa shape index (κ1) is 18.5. The number of hydrogen-bond donors (Lipinski definition) is 1. The summed E-state index contributed by atoms with van der Waals surface area (Å²) in [5, 5.41) is 2.89. The highest BCUT2D eigenvalue weighted by Crippen LogP contribution is 2.22. The first-order chi connectivity index (χ1) is 11.2. The van der Waals surface area contributed by atoms with E-state index in [-0.39, 0.29) is 24.1 Å². The minimum atomic E-state index is -4.71. The van der Waals surface area contributed by atoms with E-state index in [2.05, 4.69) is 19.9 Å². The summed E-state index contributed by atoms with van der Waals surface area (Å²) < 4.78 is 40.1. The molecule has 1 aromatic rings. The van der Waals surface area contributed by atoms with Crippen LogP contribution in [0.4, 0.5) is 13.2 Å². The summed E-state index contributed by atoms with van der Waals surface area (Å²) in [5.74, 6) is -0.445. The molecule has 1 aliphatic heterocycles. The van der Waals surface area contributed by atoms with Crippen molar-refractivity contribution < 1.29 is 22.7 Å². The molecule has 0 spiro atoms. The van der Waals surface area contributed by atoms with E-state index in [0.29, 0.717) is 12.1 Å². The molecule has 1 heterocycles. The molecule has 1 fully saturated rings. The van der Waals surface area contributed by atoms with Crippen LogP contribution in [-0.4, -0.2) is 68.4 Å². The fraction of sp³-hybridized carbons (Fsp3) is 0.562. The van der Waals surface area contributed by atoms with Crippen molar-refractivity contribution in [3.05, 3.63) is 29.8 Å². The Morgan fingerprint density at radius 2 is 1.92 bits per heavy atom. The molecule has 0 saturated carbocycles. The van der Waals surface area contributed by atoms with Gasteiger partial charge in [0, 0.05) is 32.2 Å². The fourth-order valence-corrected chi connectivity index (χ4v) is 2.61. The molecule has 0 radical (unpaired) electrons. The van der Waals surface area contributed by atoms with E-state index in [1.807, 2.05) is 14.1 Å². The minimum Gasteiger partial charge on any atom is -0.406 e. The molecule has 0 bridgehead atoms. The predicted octanol–water partition coefficient (Wildman–Crippen LogP) is 1.49. The third-order valence-electron chi connectivity index (χ3n) is 4.04.